The number of aromatic nitrogens is 2. The number of carbonyl (C=O) groups excluding carboxylic acids is 1. The summed E-state index contributed by atoms with van der Waals surface area (Å²) in [6, 6.07) is 5.84. The molecule has 2 N–H and O–H groups in total. The van der Waals surface area contributed by atoms with Gasteiger partial charge in [0.2, 0.25) is 5.91 Å². The number of nitrogens with one attached hydrogen (secondary N) is 2. The first-order valence-electron chi connectivity index (χ1n) is 6.61. The topological polar surface area (TPSA) is 82.7 Å². The van der Waals surface area contributed by atoms with Gasteiger partial charge in [0.05, 0.1) is 18.2 Å². The van der Waals surface area contributed by atoms with Crippen LogP contribution in [0.15, 0.2) is 29.9 Å². The molecule has 2 aromatic heterocycles. The van der Waals surface area contributed by atoms with E-state index < -0.39 is 0 Å². The molecule has 2 rings (SSSR count). The molecular formula is C14H17N5OS. The van der Waals surface area contributed by atoms with Gasteiger partial charge >= 0.3 is 0 Å². The van der Waals surface area contributed by atoms with Gasteiger partial charge in [0.15, 0.2) is 0 Å². The fraction of sp³-hybridized carbons (Fsp3) is 0.357. The summed E-state index contributed by atoms with van der Waals surface area (Å²) in [6.07, 6.45) is 3.63. The van der Waals surface area contributed by atoms with Crippen molar-refractivity contribution in [2.75, 3.05) is 11.9 Å². The third-order valence-corrected chi connectivity index (χ3v) is 4.12. The Kier molecular flexibility index (Phi) is 5.09. The highest BCUT2D eigenvalue weighted by Gasteiger charge is 2.15. The number of rotatable bonds is 6. The quantitative estimate of drug-likeness (QED) is 0.855. The Morgan fingerprint density at radius 2 is 2.38 bits per heavy atom. The van der Waals surface area contributed by atoms with Crippen LogP contribution < -0.4 is 10.6 Å². The molecule has 0 bridgehead atoms. The molecule has 110 valence electrons. The molecule has 0 spiro atoms. The van der Waals surface area contributed by atoms with Gasteiger partial charge in [0.1, 0.15) is 11.1 Å². The van der Waals surface area contributed by atoms with E-state index in [0.29, 0.717) is 10.6 Å². The molecule has 21 heavy (non-hydrogen) atoms. The molecule has 6 nitrogen and oxygen atoms in total. The standard InChI is InChI=1S/C14H17N5OS/c1-10(11(2)19-6-3-5-17-19)16-9-13(20)18-14-12(8-15)4-7-21-14/h3-7,10-11,16H,9H2,1-2H3,(H,18,20). The van der Waals surface area contributed by atoms with E-state index in [1.165, 1.54) is 11.3 Å². The molecule has 0 aromatic carbocycles. The molecule has 0 aliphatic rings. The van der Waals surface area contributed by atoms with Gasteiger partial charge in [-0.3, -0.25) is 9.48 Å². The third kappa shape index (κ3) is 3.90. The SMILES string of the molecule is CC(NCC(=O)Nc1sccc1C#N)C(C)n1cccn1. The minimum Gasteiger partial charge on any atom is -0.315 e. The summed E-state index contributed by atoms with van der Waals surface area (Å²) < 4.78 is 1.85. The second kappa shape index (κ2) is 7.02. The fourth-order valence-corrected chi connectivity index (χ4v) is 2.59. The van der Waals surface area contributed by atoms with Crippen molar-refractivity contribution in [2.45, 2.75) is 25.9 Å². The van der Waals surface area contributed by atoms with Crippen molar-refractivity contribution >= 4 is 22.2 Å². The first-order chi connectivity index (χ1) is 10.1. The molecule has 2 atom stereocenters. The summed E-state index contributed by atoms with van der Waals surface area (Å²) in [6.45, 7) is 4.23. The Hall–Kier alpha value is -2.17. The van der Waals surface area contributed by atoms with Crippen molar-refractivity contribution in [2.24, 2.45) is 0 Å². The predicted molar refractivity (Wildman–Crippen MR) is 82.1 cm³/mol. The van der Waals surface area contributed by atoms with E-state index in [1.807, 2.05) is 36.9 Å². The minimum absolute atomic E-state index is 0.0921. The minimum atomic E-state index is -0.159. The van der Waals surface area contributed by atoms with E-state index in [1.54, 1.807) is 17.6 Å². The molecule has 0 saturated heterocycles. The smallest absolute Gasteiger partial charge is 0.238 e. The zero-order chi connectivity index (χ0) is 15.2. The first-order valence-corrected chi connectivity index (χ1v) is 7.49. The van der Waals surface area contributed by atoms with Crippen LogP contribution in [0.5, 0.6) is 0 Å². The number of carbonyl (C=O) groups is 1. The maximum Gasteiger partial charge on any atom is 0.238 e. The van der Waals surface area contributed by atoms with Gasteiger partial charge in [-0.2, -0.15) is 10.4 Å². The highest BCUT2D eigenvalue weighted by molar-refractivity contribution is 7.14. The highest BCUT2D eigenvalue weighted by Crippen LogP contribution is 2.21. The Bertz CT molecular complexity index is 628. The average Bonchev–Trinajstić information content (AvgIpc) is 3.14. The van der Waals surface area contributed by atoms with Crippen molar-refractivity contribution in [1.82, 2.24) is 15.1 Å². The molecule has 1 amide bonds. The van der Waals surface area contributed by atoms with Gasteiger partial charge < -0.3 is 10.6 Å². The maximum absolute atomic E-state index is 11.9. The van der Waals surface area contributed by atoms with Crippen LogP contribution in [0.2, 0.25) is 0 Å². The zero-order valence-electron chi connectivity index (χ0n) is 11.9. The molecule has 0 saturated carbocycles. The summed E-state index contributed by atoms with van der Waals surface area (Å²) in [5.41, 5.74) is 0.492. The van der Waals surface area contributed by atoms with Gasteiger partial charge in [-0.15, -0.1) is 11.3 Å². The van der Waals surface area contributed by atoms with Gasteiger partial charge in [-0.25, -0.2) is 0 Å². The fourth-order valence-electron chi connectivity index (χ4n) is 1.84. The second-order valence-electron chi connectivity index (χ2n) is 4.72. The number of anilines is 1. The van der Waals surface area contributed by atoms with Crippen LogP contribution >= 0.6 is 11.3 Å². The third-order valence-electron chi connectivity index (χ3n) is 3.29. The lowest BCUT2D eigenvalue weighted by atomic mass is 10.2. The summed E-state index contributed by atoms with van der Waals surface area (Å²) in [7, 11) is 0. The molecule has 0 aliphatic heterocycles. The normalized spacial score (nSPS) is 13.4. The van der Waals surface area contributed by atoms with E-state index >= 15 is 0 Å². The Morgan fingerprint density at radius 1 is 1.57 bits per heavy atom. The number of amides is 1. The Morgan fingerprint density at radius 3 is 3.05 bits per heavy atom. The predicted octanol–water partition coefficient (Wildman–Crippen LogP) is 1.99. The number of hydrogen-bond acceptors (Lipinski definition) is 5. The lowest BCUT2D eigenvalue weighted by molar-refractivity contribution is -0.115. The van der Waals surface area contributed by atoms with Crippen molar-refractivity contribution in [1.29, 1.82) is 5.26 Å². The zero-order valence-corrected chi connectivity index (χ0v) is 12.7. The van der Waals surface area contributed by atoms with E-state index in [2.05, 4.69) is 15.7 Å². The van der Waals surface area contributed by atoms with E-state index in [-0.39, 0.29) is 24.5 Å². The number of hydrogen-bond donors (Lipinski definition) is 2. The van der Waals surface area contributed by atoms with Crippen LogP contribution in [0.25, 0.3) is 0 Å². The van der Waals surface area contributed by atoms with Gasteiger partial charge in [0.25, 0.3) is 0 Å². The Labute approximate surface area is 127 Å². The summed E-state index contributed by atoms with van der Waals surface area (Å²) in [5.74, 6) is -0.159. The molecule has 2 unspecified atom stereocenters. The first kappa shape index (κ1) is 15.2. The summed E-state index contributed by atoms with van der Waals surface area (Å²) in [5, 5.41) is 21.4. The monoisotopic (exact) mass is 303 g/mol. The van der Waals surface area contributed by atoms with Gasteiger partial charge in [-0.1, -0.05) is 0 Å². The van der Waals surface area contributed by atoms with Gasteiger partial charge in [-0.05, 0) is 31.4 Å². The largest absolute Gasteiger partial charge is 0.315 e. The molecular weight excluding hydrogens is 286 g/mol. The number of thiophene rings is 1. The van der Waals surface area contributed by atoms with Crippen molar-refractivity contribution in [3.63, 3.8) is 0 Å². The molecule has 2 aromatic rings. The van der Waals surface area contributed by atoms with Crippen LogP contribution in [0.1, 0.15) is 25.5 Å². The number of nitriles is 1. The summed E-state index contributed by atoms with van der Waals surface area (Å²) >= 11 is 1.34. The van der Waals surface area contributed by atoms with E-state index in [0.717, 1.165) is 0 Å². The van der Waals surface area contributed by atoms with E-state index in [9.17, 15) is 4.79 Å². The van der Waals surface area contributed by atoms with Crippen LogP contribution in [-0.2, 0) is 4.79 Å². The molecule has 0 aliphatic carbocycles. The van der Waals surface area contributed by atoms with Crippen molar-refractivity contribution < 1.29 is 4.79 Å². The lowest BCUT2D eigenvalue weighted by Crippen LogP contribution is -2.39. The Balaban J connectivity index is 1.83. The average molecular weight is 303 g/mol. The second-order valence-corrected chi connectivity index (χ2v) is 5.64. The van der Waals surface area contributed by atoms with Crippen LogP contribution in [0.3, 0.4) is 0 Å². The molecule has 7 heteroatoms. The van der Waals surface area contributed by atoms with Crippen LogP contribution in [-0.4, -0.2) is 28.3 Å². The van der Waals surface area contributed by atoms with Crippen LogP contribution in [0, 0.1) is 11.3 Å². The number of nitrogens with zero attached hydrogens (tertiary/aromatic N) is 3. The molecule has 0 radical (unpaired) electrons. The van der Waals surface area contributed by atoms with E-state index in [4.69, 9.17) is 5.26 Å². The molecule has 2 heterocycles. The van der Waals surface area contributed by atoms with Gasteiger partial charge in [0, 0.05) is 18.4 Å². The van der Waals surface area contributed by atoms with Crippen LogP contribution in [0.4, 0.5) is 5.00 Å². The summed E-state index contributed by atoms with van der Waals surface area (Å²) in [4.78, 5) is 11.9. The molecule has 0 fully saturated rings. The maximum atomic E-state index is 11.9. The highest BCUT2D eigenvalue weighted by atomic mass is 32.1. The lowest BCUT2D eigenvalue weighted by Gasteiger charge is -2.21. The van der Waals surface area contributed by atoms with Crippen molar-refractivity contribution in [3.05, 3.63) is 35.5 Å². The van der Waals surface area contributed by atoms with Crippen molar-refractivity contribution in [3.8, 4) is 6.07 Å².